The number of nitrogens with one attached hydrogen (secondary N) is 1. The molecule has 0 radical (unpaired) electrons. The highest BCUT2D eigenvalue weighted by atomic mass is 32.9. The number of allylic oxidation sites excluding steroid dienone is 1. The molecule has 14 heavy (non-hydrogen) atoms. The molecule has 0 amide bonds. The molecule has 0 aromatic heterocycles. The Balaban J connectivity index is 4.24. The maximum absolute atomic E-state index is 5.59. The third-order valence-corrected chi connectivity index (χ3v) is 6.47. The maximum atomic E-state index is 5.59. The normalized spacial score (nSPS) is 16.6. The van der Waals surface area contributed by atoms with Crippen LogP contribution in [-0.2, 0) is 16.3 Å². The Kier molecular flexibility index (Phi) is 7.55. The Morgan fingerprint density at radius 1 is 1.57 bits per heavy atom. The minimum Gasteiger partial charge on any atom is -0.353 e. The van der Waals surface area contributed by atoms with Crippen molar-refractivity contribution in [3.63, 3.8) is 0 Å². The summed E-state index contributed by atoms with van der Waals surface area (Å²) < 4.78 is 9.83. The van der Waals surface area contributed by atoms with Crippen LogP contribution in [-0.4, -0.2) is 18.7 Å². The van der Waals surface area contributed by atoms with E-state index >= 15 is 0 Å². The van der Waals surface area contributed by atoms with Gasteiger partial charge in [0.25, 0.3) is 0 Å². The van der Waals surface area contributed by atoms with Crippen LogP contribution in [0.3, 0.4) is 0 Å². The summed E-state index contributed by atoms with van der Waals surface area (Å²) in [5.41, 5.74) is -2.07. The van der Waals surface area contributed by atoms with Crippen LogP contribution in [0.15, 0.2) is 17.0 Å². The van der Waals surface area contributed by atoms with Crippen molar-refractivity contribution in [3.8, 4) is 0 Å². The topological polar surface area (TPSA) is 33.6 Å². The molecule has 0 spiro atoms. The van der Waals surface area contributed by atoms with E-state index in [4.69, 9.17) is 16.3 Å². The minimum absolute atomic E-state index is 0.118. The van der Waals surface area contributed by atoms with Crippen molar-refractivity contribution in [1.29, 1.82) is 0 Å². The van der Waals surface area contributed by atoms with Gasteiger partial charge in [-0.25, -0.2) is 4.76 Å². The zero-order valence-corrected chi connectivity index (χ0v) is 11.5. The fourth-order valence-electron chi connectivity index (χ4n) is 0.627. The van der Waals surface area contributed by atoms with Gasteiger partial charge in [0.05, 0.1) is 12.4 Å². The van der Waals surface area contributed by atoms with Crippen LogP contribution in [0.2, 0.25) is 0 Å². The summed E-state index contributed by atoms with van der Waals surface area (Å²) in [5, 5.41) is 2.89. The predicted octanol–water partition coefficient (Wildman–Crippen LogP) is 3.15. The fourth-order valence-corrected chi connectivity index (χ4v) is 3.46. The largest absolute Gasteiger partial charge is 0.353 e. The summed E-state index contributed by atoms with van der Waals surface area (Å²) in [5.74, 6) is 0. The van der Waals surface area contributed by atoms with Crippen LogP contribution in [0.1, 0.15) is 20.8 Å². The van der Waals surface area contributed by atoms with Crippen LogP contribution < -0.4 is 5.32 Å². The molecular formula is C8H17N2OPS2. The van der Waals surface area contributed by atoms with E-state index in [9.17, 15) is 0 Å². The van der Waals surface area contributed by atoms with Gasteiger partial charge >= 0.3 is 0 Å². The highest BCUT2D eigenvalue weighted by Crippen LogP contribution is 2.60. The molecule has 0 fully saturated rings. The lowest BCUT2D eigenvalue weighted by Gasteiger charge is -2.17. The lowest BCUT2D eigenvalue weighted by atomic mass is 10.5. The monoisotopic (exact) mass is 252 g/mol. The molecule has 3 nitrogen and oxygen atoms in total. The summed E-state index contributed by atoms with van der Waals surface area (Å²) in [6.07, 6.45) is 7.32. The molecule has 0 bridgehead atoms. The molecule has 6 heteroatoms. The van der Waals surface area contributed by atoms with E-state index in [1.807, 2.05) is 33.1 Å². The summed E-state index contributed by atoms with van der Waals surface area (Å²) in [6, 6.07) is 0. The number of nitrogens with zero attached hydrogens (tertiary/aromatic N) is 1. The molecule has 1 atom stereocenters. The minimum atomic E-state index is -2.07. The molecule has 0 rings (SSSR count). The van der Waals surface area contributed by atoms with E-state index in [2.05, 4.69) is 10.1 Å². The fraction of sp³-hybridized carbons (Fsp3) is 0.625. The van der Waals surface area contributed by atoms with Gasteiger partial charge in [0, 0.05) is 0 Å². The Morgan fingerprint density at radius 3 is 2.64 bits per heavy atom. The zero-order chi connectivity index (χ0) is 11.0. The third kappa shape index (κ3) is 6.60. The zero-order valence-electron chi connectivity index (χ0n) is 8.93. The summed E-state index contributed by atoms with van der Waals surface area (Å²) in [4.78, 5) is 0. The van der Waals surface area contributed by atoms with Gasteiger partial charge in [-0.3, -0.25) is 0 Å². The average molecular weight is 252 g/mol. The predicted molar refractivity (Wildman–Crippen MR) is 70.5 cm³/mol. The quantitative estimate of drug-likeness (QED) is 0.447. The van der Waals surface area contributed by atoms with E-state index < -0.39 is 5.62 Å². The van der Waals surface area contributed by atoms with Gasteiger partial charge in [-0.15, -0.1) is 0 Å². The number of hydrogen-bond donors (Lipinski definition) is 1. The van der Waals surface area contributed by atoms with Crippen molar-refractivity contribution < 1.29 is 4.52 Å². The molecule has 0 aliphatic rings. The van der Waals surface area contributed by atoms with Crippen LogP contribution in [0.5, 0.6) is 0 Å². The average Bonchev–Trinajstić information content (AvgIpc) is 2.11. The van der Waals surface area contributed by atoms with Gasteiger partial charge < -0.3 is 9.84 Å². The SMILES string of the molecule is CC=CNC=NP(=S)(OC(C)C)SC. The van der Waals surface area contributed by atoms with Crippen LogP contribution in [0, 0.1) is 0 Å². The van der Waals surface area contributed by atoms with Crippen molar-refractivity contribution >= 4 is 35.1 Å². The van der Waals surface area contributed by atoms with E-state index in [0.717, 1.165) is 0 Å². The molecule has 0 aromatic rings. The Labute approximate surface area is 95.3 Å². The van der Waals surface area contributed by atoms with E-state index in [1.165, 1.54) is 11.4 Å². The Morgan fingerprint density at radius 2 is 2.21 bits per heavy atom. The third-order valence-electron chi connectivity index (χ3n) is 1.11. The molecule has 0 aliphatic carbocycles. The highest BCUT2D eigenvalue weighted by Gasteiger charge is 2.15. The van der Waals surface area contributed by atoms with Crippen LogP contribution in [0.4, 0.5) is 0 Å². The van der Waals surface area contributed by atoms with Crippen molar-refractivity contribution in [2.24, 2.45) is 4.76 Å². The summed E-state index contributed by atoms with van der Waals surface area (Å²) in [6.45, 7) is 5.86. The summed E-state index contributed by atoms with van der Waals surface area (Å²) in [7, 11) is 0. The van der Waals surface area contributed by atoms with Crippen molar-refractivity contribution in [1.82, 2.24) is 5.32 Å². The molecule has 0 aromatic carbocycles. The molecule has 0 heterocycles. The van der Waals surface area contributed by atoms with Crippen molar-refractivity contribution in [2.75, 3.05) is 6.26 Å². The van der Waals surface area contributed by atoms with Crippen LogP contribution >= 0.6 is 17.0 Å². The molecule has 0 aliphatic heterocycles. The second-order valence-corrected chi connectivity index (χ2v) is 9.22. The number of rotatable bonds is 6. The van der Waals surface area contributed by atoms with Gasteiger partial charge in [-0.05, 0) is 45.0 Å². The van der Waals surface area contributed by atoms with E-state index in [-0.39, 0.29) is 6.10 Å². The standard InChI is InChI=1S/C8H17N2OPS2/c1-5-6-9-7-10-12(13,14-4)11-8(2)3/h5-8H,1-4H3,(H,9,10,13). The first-order valence-electron chi connectivity index (χ1n) is 4.29. The first-order valence-corrected chi connectivity index (χ1v) is 8.80. The Hall–Kier alpha value is 0.170. The molecule has 0 saturated heterocycles. The number of hydrogen-bond acceptors (Lipinski definition) is 3. The van der Waals surface area contributed by atoms with E-state index in [0.29, 0.717) is 0 Å². The van der Waals surface area contributed by atoms with Gasteiger partial charge in [0.15, 0.2) is 0 Å². The second-order valence-electron chi connectivity index (χ2n) is 2.72. The van der Waals surface area contributed by atoms with Gasteiger partial charge in [-0.2, -0.15) is 0 Å². The second kappa shape index (κ2) is 7.46. The van der Waals surface area contributed by atoms with Gasteiger partial charge in [0.2, 0.25) is 5.62 Å². The first kappa shape index (κ1) is 14.2. The van der Waals surface area contributed by atoms with Crippen LogP contribution in [0.25, 0.3) is 0 Å². The van der Waals surface area contributed by atoms with Gasteiger partial charge in [-0.1, -0.05) is 17.5 Å². The molecule has 1 N–H and O–H groups in total. The Bertz CT molecular complexity index is 254. The smallest absolute Gasteiger partial charge is 0.232 e. The lowest BCUT2D eigenvalue weighted by molar-refractivity contribution is 0.276. The molecule has 0 saturated carbocycles. The molecule has 82 valence electrons. The van der Waals surface area contributed by atoms with Crippen molar-refractivity contribution in [2.45, 2.75) is 26.9 Å². The first-order chi connectivity index (χ1) is 6.54. The van der Waals surface area contributed by atoms with Gasteiger partial charge in [0.1, 0.15) is 0 Å². The lowest BCUT2D eigenvalue weighted by Crippen LogP contribution is -2.01. The highest BCUT2D eigenvalue weighted by molar-refractivity contribution is 8.68. The molecule has 1 unspecified atom stereocenters. The molecular weight excluding hydrogens is 235 g/mol. The summed E-state index contributed by atoms with van der Waals surface area (Å²) >= 11 is 6.82. The van der Waals surface area contributed by atoms with E-state index in [1.54, 1.807) is 12.5 Å². The van der Waals surface area contributed by atoms with Crippen molar-refractivity contribution in [3.05, 3.63) is 12.3 Å². The maximum Gasteiger partial charge on any atom is 0.232 e.